The zero-order valence-corrected chi connectivity index (χ0v) is 13.7. The SMILES string of the molecule is O=C(C=Cc1ccco1)N1CCC(n2cc(-c3ccccc3)nn2)C1. The standard InChI is InChI=1S/C19H18N4O2/c24-19(9-8-17-7-4-12-25-17)22-11-10-16(13-22)23-14-18(20-21-23)15-5-2-1-3-6-15/h1-9,12,14,16H,10-11,13H2. The molecule has 1 aliphatic rings. The Bertz CT molecular complexity index is 868. The summed E-state index contributed by atoms with van der Waals surface area (Å²) in [5.74, 6) is 0.662. The number of aromatic nitrogens is 3. The molecule has 4 rings (SSSR count). The van der Waals surface area contributed by atoms with Gasteiger partial charge in [-0.3, -0.25) is 4.79 Å². The Kier molecular flexibility index (Phi) is 4.16. The molecule has 0 N–H and O–H groups in total. The normalized spacial score (nSPS) is 17.4. The third-order valence-corrected chi connectivity index (χ3v) is 4.36. The number of hydrogen-bond donors (Lipinski definition) is 0. The predicted molar refractivity (Wildman–Crippen MR) is 93.4 cm³/mol. The van der Waals surface area contributed by atoms with Gasteiger partial charge in [-0.15, -0.1) is 5.10 Å². The zero-order chi connectivity index (χ0) is 17.1. The van der Waals surface area contributed by atoms with Gasteiger partial charge in [0.25, 0.3) is 0 Å². The van der Waals surface area contributed by atoms with Crippen molar-refractivity contribution in [2.45, 2.75) is 12.5 Å². The van der Waals surface area contributed by atoms with E-state index in [0.29, 0.717) is 18.8 Å². The van der Waals surface area contributed by atoms with E-state index < -0.39 is 0 Å². The smallest absolute Gasteiger partial charge is 0.246 e. The van der Waals surface area contributed by atoms with Crippen LogP contribution in [0.15, 0.2) is 65.4 Å². The van der Waals surface area contributed by atoms with Crippen LogP contribution in [0.1, 0.15) is 18.2 Å². The molecule has 25 heavy (non-hydrogen) atoms. The van der Waals surface area contributed by atoms with Gasteiger partial charge in [-0.2, -0.15) is 0 Å². The van der Waals surface area contributed by atoms with Gasteiger partial charge >= 0.3 is 0 Å². The van der Waals surface area contributed by atoms with Crippen LogP contribution < -0.4 is 0 Å². The van der Waals surface area contributed by atoms with Crippen LogP contribution in [0.2, 0.25) is 0 Å². The van der Waals surface area contributed by atoms with Crippen LogP contribution in [0.25, 0.3) is 17.3 Å². The second-order valence-electron chi connectivity index (χ2n) is 6.03. The number of benzene rings is 1. The Morgan fingerprint density at radius 2 is 2.08 bits per heavy atom. The van der Waals surface area contributed by atoms with Gasteiger partial charge in [0.1, 0.15) is 11.5 Å². The number of amides is 1. The van der Waals surface area contributed by atoms with Crippen LogP contribution in [0.3, 0.4) is 0 Å². The quantitative estimate of drug-likeness (QED) is 0.688. The summed E-state index contributed by atoms with van der Waals surface area (Å²) in [6.45, 7) is 1.35. The minimum atomic E-state index is -0.0118. The molecule has 1 amide bonds. The van der Waals surface area contributed by atoms with E-state index in [-0.39, 0.29) is 11.9 Å². The summed E-state index contributed by atoms with van der Waals surface area (Å²) < 4.78 is 7.07. The lowest BCUT2D eigenvalue weighted by atomic mass is 10.2. The summed E-state index contributed by atoms with van der Waals surface area (Å²) in [6.07, 6.45) is 7.66. The molecule has 3 aromatic rings. The van der Waals surface area contributed by atoms with E-state index in [9.17, 15) is 4.79 Å². The van der Waals surface area contributed by atoms with Crippen molar-refractivity contribution in [1.29, 1.82) is 0 Å². The fourth-order valence-electron chi connectivity index (χ4n) is 3.00. The lowest BCUT2D eigenvalue weighted by Gasteiger charge is -2.14. The van der Waals surface area contributed by atoms with Gasteiger partial charge in [-0.25, -0.2) is 4.68 Å². The maximum atomic E-state index is 12.3. The summed E-state index contributed by atoms with van der Waals surface area (Å²) in [4.78, 5) is 14.1. The van der Waals surface area contributed by atoms with Gasteiger partial charge in [0.05, 0.1) is 18.5 Å². The van der Waals surface area contributed by atoms with Crippen molar-refractivity contribution in [2.24, 2.45) is 0 Å². The topological polar surface area (TPSA) is 64.2 Å². The van der Waals surface area contributed by atoms with E-state index in [4.69, 9.17) is 4.42 Å². The van der Waals surface area contributed by atoms with E-state index in [0.717, 1.165) is 17.7 Å². The van der Waals surface area contributed by atoms with Crippen molar-refractivity contribution in [3.05, 3.63) is 66.8 Å². The summed E-state index contributed by atoms with van der Waals surface area (Å²) in [5.41, 5.74) is 1.89. The average Bonchev–Trinajstić information content (AvgIpc) is 3.41. The first-order valence-corrected chi connectivity index (χ1v) is 8.27. The molecule has 126 valence electrons. The lowest BCUT2D eigenvalue weighted by molar-refractivity contribution is -0.125. The Balaban J connectivity index is 1.41. The fourth-order valence-corrected chi connectivity index (χ4v) is 3.00. The highest BCUT2D eigenvalue weighted by atomic mass is 16.3. The molecule has 0 saturated carbocycles. The first-order valence-electron chi connectivity index (χ1n) is 8.27. The summed E-state index contributed by atoms with van der Waals surface area (Å²) in [6, 6.07) is 13.7. The summed E-state index contributed by atoms with van der Waals surface area (Å²) in [5, 5.41) is 8.50. The molecule has 6 nitrogen and oxygen atoms in total. The predicted octanol–water partition coefficient (Wildman–Crippen LogP) is 3.02. The van der Waals surface area contributed by atoms with Gasteiger partial charge in [0.15, 0.2) is 0 Å². The third-order valence-electron chi connectivity index (χ3n) is 4.36. The molecule has 1 atom stereocenters. The molecule has 1 aromatic carbocycles. The molecule has 1 aliphatic heterocycles. The highest BCUT2D eigenvalue weighted by Gasteiger charge is 2.27. The van der Waals surface area contributed by atoms with E-state index in [1.165, 1.54) is 0 Å². The highest BCUT2D eigenvalue weighted by molar-refractivity contribution is 5.91. The molecular formula is C19H18N4O2. The molecule has 0 aliphatic carbocycles. The van der Waals surface area contributed by atoms with Crippen LogP contribution in [-0.4, -0.2) is 38.9 Å². The second-order valence-corrected chi connectivity index (χ2v) is 6.03. The number of nitrogens with zero attached hydrogens (tertiary/aromatic N) is 4. The zero-order valence-electron chi connectivity index (χ0n) is 13.7. The molecule has 0 radical (unpaired) electrons. The van der Waals surface area contributed by atoms with Crippen LogP contribution in [0, 0.1) is 0 Å². The van der Waals surface area contributed by atoms with Gasteiger partial charge < -0.3 is 9.32 Å². The third kappa shape index (κ3) is 3.38. The maximum Gasteiger partial charge on any atom is 0.246 e. The minimum Gasteiger partial charge on any atom is -0.465 e. The molecule has 1 saturated heterocycles. The Morgan fingerprint density at radius 3 is 2.88 bits per heavy atom. The Morgan fingerprint density at radius 1 is 1.20 bits per heavy atom. The summed E-state index contributed by atoms with van der Waals surface area (Å²) in [7, 11) is 0. The molecular weight excluding hydrogens is 316 g/mol. The van der Waals surface area contributed by atoms with Crippen molar-refractivity contribution in [2.75, 3.05) is 13.1 Å². The minimum absolute atomic E-state index is 0.0118. The lowest BCUT2D eigenvalue weighted by Crippen LogP contribution is -2.27. The Hall–Kier alpha value is -3.15. The molecule has 6 heteroatoms. The number of rotatable bonds is 4. The van der Waals surface area contributed by atoms with Gasteiger partial charge in [0.2, 0.25) is 5.91 Å². The number of furan rings is 1. The van der Waals surface area contributed by atoms with Gasteiger partial charge in [0, 0.05) is 24.7 Å². The summed E-state index contributed by atoms with van der Waals surface area (Å²) >= 11 is 0. The van der Waals surface area contributed by atoms with Crippen LogP contribution in [-0.2, 0) is 4.79 Å². The monoisotopic (exact) mass is 334 g/mol. The highest BCUT2D eigenvalue weighted by Crippen LogP contribution is 2.23. The number of hydrogen-bond acceptors (Lipinski definition) is 4. The van der Waals surface area contributed by atoms with Crippen LogP contribution in [0.4, 0.5) is 0 Å². The molecule has 2 aromatic heterocycles. The largest absolute Gasteiger partial charge is 0.465 e. The van der Waals surface area contributed by atoms with Crippen LogP contribution >= 0.6 is 0 Å². The van der Waals surface area contributed by atoms with Crippen molar-refractivity contribution in [3.8, 4) is 11.3 Å². The van der Waals surface area contributed by atoms with Crippen molar-refractivity contribution >= 4 is 12.0 Å². The number of likely N-dealkylation sites (tertiary alicyclic amines) is 1. The average molecular weight is 334 g/mol. The maximum absolute atomic E-state index is 12.3. The number of carbonyl (C=O) groups is 1. The van der Waals surface area contributed by atoms with E-state index >= 15 is 0 Å². The Labute approximate surface area is 145 Å². The second kappa shape index (κ2) is 6.76. The van der Waals surface area contributed by atoms with Crippen molar-refractivity contribution in [3.63, 3.8) is 0 Å². The van der Waals surface area contributed by atoms with Gasteiger partial charge in [-0.05, 0) is 24.6 Å². The first-order chi connectivity index (χ1) is 12.3. The van der Waals surface area contributed by atoms with E-state index in [1.807, 2.05) is 52.2 Å². The van der Waals surface area contributed by atoms with Crippen LogP contribution in [0.5, 0.6) is 0 Å². The molecule has 1 fully saturated rings. The molecule has 0 spiro atoms. The molecule has 1 unspecified atom stereocenters. The first kappa shape index (κ1) is 15.4. The van der Waals surface area contributed by atoms with Crippen molar-refractivity contribution in [1.82, 2.24) is 19.9 Å². The van der Waals surface area contributed by atoms with E-state index in [1.54, 1.807) is 24.5 Å². The van der Waals surface area contributed by atoms with Crippen molar-refractivity contribution < 1.29 is 9.21 Å². The van der Waals surface area contributed by atoms with E-state index in [2.05, 4.69) is 10.3 Å². The molecule has 0 bridgehead atoms. The molecule has 3 heterocycles. The number of carbonyl (C=O) groups excluding carboxylic acids is 1. The van der Waals surface area contributed by atoms with Gasteiger partial charge in [-0.1, -0.05) is 35.5 Å². The fraction of sp³-hybridized carbons (Fsp3) is 0.211.